The van der Waals surface area contributed by atoms with Gasteiger partial charge in [-0.2, -0.15) is 0 Å². The van der Waals surface area contributed by atoms with Gasteiger partial charge in [0.1, 0.15) is 0 Å². The van der Waals surface area contributed by atoms with E-state index in [2.05, 4.69) is 53.2 Å². The minimum Gasteiger partial charge on any atom is -0.372 e. The highest BCUT2D eigenvalue weighted by Gasteiger charge is 2.04. The normalized spacial score (nSPS) is 10.6. The van der Waals surface area contributed by atoms with Gasteiger partial charge in [0, 0.05) is 5.33 Å². The van der Waals surface area contributed by atoms with Crippen LogP contribution in [0.3, 0.4) is 0 Å². The molecule has 0 aliphatic carbocycles. The lowest BCUT2D eigenvalue weighted by Gasteiger charge is -2.11. The van der Waals surface area contributed by atoms with E-state index in [-0.39, 0.29) is 0 Å². The average Bonchev–Trinajstić information content (AvgIpc) is 2.41. The zero-order chi connectivity index (χ0) is 12.8. The molecule has 2 heteroatoms. The first-order chi connectivity index (χ1) is 8.81. The third kappa shape index (κ3) is 3.44. The van der Waals surface area contributed by atoms with Crippen LogP contribution in [0.2, 0.25) is 0 Å². The molecule has 2 aromatic carbocycles. The zero-order valence-corrected chi connectivity index (χ0v) is 12.1. The molecule has 0 saturated carbocycles. The van der Waals surface area contributed by atoms with Crippen molar-refractivity contribution in [3.8, 4) is 0 Å². The van der Waals surface area contributed by atoms with Crippen LogP contribution in [0.15, 0.2) is 48.5 Å². The lowest BCUT2D eigenvalue weighted by atomic mass is 10.0. The standard InChI is InChI=1S/C16H17BrO/c1-13-6-5-9-15(10-17)16(13)12-18-11-14-7-3-2-4-8-14/h2-9H,10-12H2,1H3. The summed E-state index contributed by atoms with van der Waals surface area (Å²) >= 11 is 3.52. The van der Waals surface area contributed by atoms with Crippen molar-refractivity contribution < 1.29 is 4.74 Å². The molecule has 0 spiro atoms. The van der Waals surface area contributed by atoms with Gasteiger partial charge in [0.25, 0.3) is 0 Å². The summed E-state index contributed by atoms with van der Waals surface area (Å²) in [6, 6.07) is 16.6. The van der Waals surface area contributed by atoms with Gasteiger partial charge < -0.3 is 4.74 Å². The van der Waals surface area contributed by atoms with Gasteiger partial charge in [0.05, 0.1) is 13.2 Å². The molecular weight excluding hydrogens is 288 g/mol. The Labute approximate surface area is 117 Å². The van der Waals surface area contributed by atoms with E-state index in [9.17, 15) is 0 Å². The van der Waals surface area contributed by atoms with E-state index in [1.165, 1.54) is 22.3 Å². The number of aryl methyl sites for hydroxylation is 1. The van der Waals surface area contributed by atoms with Crippen LogP contribution < -0.4 is 0 Å². The first-order valence-electron chi connectivity index (χ1n) is 6.06. The largest absolute Gasteiger partial charge is 0.372 e. The molecule has 0 saturated heterocycles. The van der Waals surface area contributed by atoms with E-state index >= 15 is 0 Å². The van der Waals surface area contributed by atoms with Crippen molar-refractivity contribution in [1.29, 1.82) is 0 Å². The maximum Gasteiger partial charge on any atom is 0.0726 e. The monoisotopic (exact) mass is 304 g/mol. The summed E-state index contributed by atoms with van der Waals surface area (Å²) in [5, 5.41) is 0.874. The average molecular weight is 305 g/mol. The van der Waals surface area contributed by atoms with Gasteiger partial charge in [0.15, 0.2) is 0 Å². The molecule has 0 aliphatic rings. The number of alkyl halides is 1. The van der Waals surface area contributed by atoms with Crippen molar-refractivity contribution in [2.75, 3.05) is 0 Å². The fourth-order valence-corrected chi connectivity index (χ4v) is 2.47. The Bertz CT molecular complexity index is 494. The second kappa shape index (κ2) is 6.72. The van der Waals surface area contributed by atoms with Crippen LogP contribution in [0.25, 0.3) is 0 Å². The Morgan fingerprint density at radius 2 is 1.72 bits per heavy atom. The molecule has 0 N–H and O–H groups in total. The predicted molar refractivity (Wildman–Crippen MR) is 78.7 cm³/mol. The first-order valence-corrected chi connectivity index (χ1v) is 7.18. The maximum absolute atomic E-state index is 5.81. The van der Waals surface area contributed by atoms with Crippen molar-refractivity contribution in [1.82, 2.24) is 0 Å². The lowest BCUT2D eigenvalue weighted by Crippen LogP contribution is -2.00. The molecule has 2 aromatic rings. The number of hydrogen-bond acceptors (Lipinski definition) is 1. The van der Waals surface area contributed by atoms with Gasteiger partial charge in [-0.1, -0.05) is 64.5 Å². The minimum absolute atomic E-state index is 0.664. The Morgan fingerprint density at radius 1 is 0.944 bits per heavy atom. The highest BCUT2D eigenvalue weighted by molar-refractivity contribution is 9.08. The van der Waals surface area contributed by atoms with Crippen LogP contribution in [-0.2, 0) is 23.3 Å². The van der Waals surface area contributed by atoms with Gasteiger partial charge in [0.2, 0.25) is 0 Å². The van der Waals surface area contributed by atoms with Crippen LogP contribution in [0.4, 0.5) is 0 Å². The number of rotatable bonds is 5. The second-order valence-electron chi connectivity index (χ2n) is 4.32. The summed E-state index contributed by atoms with van der Waals surface area (Å²) in [7, 11) is 0. The molecule has 2 rings (SSSR count). The second-order valence-corrected chi connectivity index (χ2v) is 4.89. The summed E-state index contributed by atoms with van der Waals surface area (Å²) in [5.74, 6) is 0. The van der Waals surface area contributed by atoms with Crippen LogP contribution in [0.5, 0.6) is 0 Å². The molecular formula is C16H17BrO. The van der Waals surface area contributed by atoms with E-state index in [1.807, 2.05) is 18.2 Å². The van der Waals surface area contributed by atoms with E-state index in [1.54, 1.807) is 0 Å². The van der Waals surface area contributed by atoms with Gasteiger partial charge in [-0.3, -0.25) is 0 Å². The molecule has 1 nitrogen and oxygen atoms in total. The highest BCUT2D eigenvalue weighted by atomic mass is 79.9. The fourth-order valence-electron chi connectivity index (χ4n) is 1.94. The SMILES string of the molecule is Cc1cccc(CBr)c1COCc1ccccc1. The van der Waals surface area contributed by atoms with Crippen molar-refractivity contribution in [2.24, 2.45) is 0 Å². The van der Waals surface area contributed by atoms with Crippen molar-refractivity contribution >= 4 is 15.9 Å². The van der Waals surface area contributed by atoms with Crippen LogP contribution in [-0.4, -0.2) is 0 Å². The summed E-state index contributed by atoms with van der Waals surface area (Å²) < 4.78 is 5.81. The van der Waals surface area contributed by atoms with Crippen LogP contribution >= 0.6 is 15.9 Å². The molecule has 0 unspecified atom stereocenters. The maximum atomic E-state index is 5.81. The molecule has 0 heterocycles. The number of ether oxygens (including phenoxy) is 1. The smallest absolute Gasteiger partial charge is 0.0726 e. The molecule has 18 heavy (non-hydrogen) atoms. The molecule has 0 aromatic heterocycles. The molecule has 94 valence electrons. The summed E-state index contributed by atoms with van der Waals surface area (Å²) in [5.41, 5.74) is 5.11. The van der Waals surface area contributed by atoms with E-state index < -0.39 is 0 Å². The van der Waals surface area contributed by atoms with E-state index in [4.69, 9.17) is 4.74 Å². The number of halogens is 1. The Kier molecular flexibility index (Phi) is 4.97. The topological polar surface area (TPSA) is 9.23 Å². The Balaban J connectivity index is 1.98. The molecule has 0 fully saturated rings. The molecule has 0 atom stereocenters. The minimum atomic E-state index is 0.664. The quantitative estimate of drug-likeness (QED) is 0.733. The van der Waals surface area contributed by atoms with Gasteiger partial charge in [-0.25, -0.2) is 0 Å². The number of hydrogen-bond donors (Lipinski definition) is 0. The molecule has 0 bridgehead atoms. The predicted octanol–water partition coefficient (Wildman–Crippen LogP) is 4.61. The van der Waals surface area contributed by atoms with E-state index in [0.29, 0.717) is 13.2 Å². The number of benzene rings is 2. The van der Waals surface area contributed by atoms with Crippen LogP contribution in [0.1, 0.15) is 22.3 Å². The summed E-state index contributed by atoms with van der Waals surface area (Å²) in [6.07, 6.45) is 0. The Hall–Kier alpha value is -1.12. The first kappa shape index (κ1) is 13.3. The zero-order valence-electron chi connectivity index (χ0n) is 10.5. The Morgan fingerprint density at radius 3 is 2.44 bits per heavy atom. The van der Waals surface area contributed by atoms with E-state index in [0.717, 1.165) is 5.33 Å². The molecule has 0 radical (unpaired) electrons. The summed E-state index contributed by atoms with van der Waals surface area (Å²) in [6.45, 7) is 3.47. The highest BCUT2D eigenvalue weighted by Crippen LogP contribution is 2.18. The fraction of sp³-hybridized carbons (Fsp3) is 0.250. The lowest BCUT2D eigenvalue weighted by molar-refractivity contribution is 0.106. The third-order valence-electron chi connectivity index (χ3n) is 3.01. The van der Waals surface area contributed by atoms with Crippen LogP contribution in [0, 0.1) is 6.92 Å². The third-order valence-corrected chi connectivity index (χ3v) is 3.61. The van der Waals surface area contributed by atoms with Crippen molar-refractivity contribution in [2.45, 2.75) is 25.5 Å². The van der Waals surface area contributed by atoms with Crippen molar-refractivity contribution in [3.63, 3.8) is 0 Å². The molecule has 0 amide bonds. The van der Waals surface area contributed by atoms with Crippen molar-refractivity contribution in [3.05, 3.63) is 70.8 Å². The van der Waals surface area contributed by atoms with Gasteiger partial charge in [-0.05, 0) is 29.2 Å². The van der Waals surface area contributed by atoms with Gasteiger partial charge >= 0.3 is 0 Å². The molecule has 0 aliphatic heterocycles. The van der Waals surface area contributed by atoms with Gasteiger partial charge in [-0.15, -0.1) is 0 Å². The summed E-state index contributed by atoms with van der Waals surface area (Å²) in [4.78, 5) is 0.